The number of nitrogens with one attached hydrogen (secondary N) is 2. The molecule has 0 saturated heterocycles. The number of nitrogens with zero attached hydrogens (tertiary/aromatic N) is 1. The monoisotopic (exact) mass is 405 g/mol. The largest absolute Gasteiger partial charge is 0.459 e. The second-order valence-corrected chi connectivity index (χ2v) is 6.98. The van der Waals surface area contributed by atoms with Gasteiger partial charge in [0.05, 0.1) is 12.8 Å². The first-order valence-electron chi connectivity index (χ1n) is 9.41. The molecule has 2 aromatic carbocycles. The summed E-state index contributed by atoms with van der Waals surface area (Å²) < 4.78 is 5.04. The van der Waals surface area contributed by atoms with E-state index in [1.54, 1.807) is 43.4 Å². The van der Waals surface area contributed by atoms with Gasteiger partial charge >= 0.3 is 0 Å². The van der Waals surface area contributed by atoms with Crippen LogP contribution in [-0.2, 0) is 4.79 Å². The molecule has 0 fully saturated rings. The van der Waals surface area contributed by atoms with E-state index in [0.29, 0.717) is 11.3 Å². The molecule has 0 radical (unpaired) electrons. The van der Waals surface area contributed by atoms with Crippen LogP contribution in [0.4, 0.5) is 11.4 Å². The summed E-state index contributed by atoms with van der Waals surface area (Å²) in [6.07, 6.45) is 1.42. The first-order chi connectivity index (χ1) is 14.3. The summed E-state index contributed by atoms with van der Waals surface area (Å²) in [6, 6.07) is 15.4. The van der Waals surface area contributed by atoms with E-state index in [4.69, 9.17) is 4.42 Å². The fourth-order valence-electron chi connectivity index (χ4n) is 2.99. The molecule has 0 aliphatic heterocycles. The van der Waals surface area contributed by atoms with Gasteiger partial charge in [0.15, 0.2) is 5.76 Å². The molecule has 1 aromatic heterocycles. The Morgan fingerprint density at radius 2 is 1.57 bits per heavy atom. The predicted octanol–water partition coefficient (Wildman–Crippen LogP) is 3.86. The van der Waals surface area contributed by atoms with Crippen LogP contribution in [0.15, 0.2) is 65.3 Å². The van der Waals surface area contributed by atoms with Gasteiger partial charge in [-0.1, -0.05) is 18.2 Å². The fraction of sp³-hybridized carbons (Fsp3) is 0.174. The van der Waals surface area contributed by atoms with E-state index in [2.05, 4.69) is 10.6 Å². The van der Waals surface area contributed by atoms with E-state index in [-0.39, 0.29) is 30.0 Å². The summed E-state index contributed by atoms with van der Waals surface area (Å²) in [5.41, 5.74) is 3.63. The number of carbonyl (C=O) groups excluding carboxylic acids is 3. The van der Waals surface area contributed by atoms with E-state index in [1.807, 2.05) is 32.0 Å². The maximum absolute atomic E-state index is 12.6. The van der Waals surface area contributed by atoms with Crippen LogP contribution in [0.1, 0.15) is 32.0 Å². The molecule has 0 aliphatic carbocycles. The minimum atomic E-state index is -0.376. The minimum absolute atomic E-state index is 0.0798. The maximum Gasteiger partial charge on any atom is 0.291 e. The molecule has 30 heavy (non-hydrogen) atoms. The number of carbonyl (C=O) groups is 3. The van der Waals surface area contributed by atoms with Gasteiger partial charge in [-0.05, 0) is 61.4 Å². The van der Waals surface area contributed by atoms with Gasteiger partial charge in [-0.2, -0.15) is 0 Å². The van der Waals surface area contributed by atoms with Crippen molar-refractivity contribution in [3.63, 3.8) is 0 Å². The van der Waals surface area contributed by atoms with Crippen molar-refractivity contribution in [3.8, 4) is 0 Å². The summed E-state index contributed by atoms with van der Waals surface area (Å²) in [7, 11) is 1.57. The van der Waals surface area contributed by atoms with Gasteiger partial charge in [0.2, 0.25) is 5.91 Å². The van der Waals surface area contributed by atoms with Crippen LogP contribution in [0, 0.1) is 13.8 Å². The second kappa shape index (κ2) is 9.09. The summed E-state index contributed by atoms with van der Waals surface area (Å²) in [4.78, 5) is 38.4. The third-order valence-corrected chi connectivity index (χ3v) is 4.61. The number of anilines is 2. The van der Waals surface area contributed by atoms with E-state index in [1.165, 1.54) is 11.2 Å². The molecule has 0 unspecified atom stereocenters. The molecule has 154 valence electrons. The fourth-order valence-corrected chi connectivity index (χ4v) is 2.99. The van der Waals surface area contributed by atoms with Crippen molar-refractivity contribution in [3.05, 3.63) is 83.3 Å². The van der Waals surface area contributed by atoms with Gasteiger partial charge in [-0.3, -0.25) is 14.4 Å². The molecule has 1 heterocycles. The van der Waals surface area contributed by atoms with E-state index in [0.717, 1.165) is 16.8 Å². The number of aryl methyl sites for hydroxylation is 2. The highest BCUT2D eigenvalue weighted by Crippen LogP contribution is 2.19. The van der Waals surface area contributed by atoms with E-state index < -0.39 is 0 Å². The topological polar surface area (TPSA) is 91.7 Å². The van der Waals surface area contributed by atoms with Crippen LogP contribution >= 0.6 is 0 Å². The highest BCUT2D eigenvalue weighted by molar-refractivity contribution is 6.03. The number of amides is 3. The van der Waals surface area contributed by atoms with Crippen LogP contribution in [0.2, 0.25) is 0 Å². The summed E-state index contributed by atoms with van der Waals surface area (Å²) in [5.74, 6) is -0.745. The number of furan rings is 1. The van der Waals surface area contributed by atoms with Crippen molar-refractivity contribution in [2.24, 2.45) is 0 Å². The molecule has 7 heteroatoms. The van der Waals surface area contributed by atoms with Crippen LogP contribution in [0.3, 0.4) is 0 Å². The zero-order chi connectivity index (χ0) is 21.7. The lowest BCUT2D eigenvalue weighted by Crippen LogP contribution is -2.35. The molecular weight excluding hydrogens is 382 g/mol. The van der Waals surface area contributed by atoms with Crippen molar-refractivity contribution in [1.29, 1.82) is 0 Å². The Morgan fingerprint density at radius 1 is 0.900 bits per heavy atom. The Bertz CT molecular complexity index is 1040. The highest BCUT2D eigenvalue weighted by atomic mass is 16.3. The number of benzene rings is 2. The molecule has 3 rings (SSSR count). The molecule has 2 N–H and O–H groups in total. The molecule has 0 atom stereocenters. The lowest BCUT2D eigenvalue weighted by Gasteiger charge is -2.18. The molecular formula is C23H23N3O4. The van der Waals surface area contributed by atoms with Gasteiger partial charge in [0.25, 0.3) is 11.8 Å². The molecule has 3 aromatic rings. The van der Waals surface area contributed by atoms with Crippen molar-refractivity contribution in [2.75, 3.05) is 24.2 Å². The zero-order valence-corrected chi connectivity index (χ0v) is 17.1. The minimum Gasteiger partial charge on any atom is -0.459 e. The first-order valence-corrected chi connectivity index (χ1v) is 9.41. The predicted molar refractivity (Wildman–Crippen MR) is 115 cm³/mol. The van der Waals surface area contributed by atoms with E-state index >= 15 is 0 Å². The molecule has 7 nitrogen and oxygen atoms in total. The molecule has 3 amide bonds. The number of hydrogen-bond donors (Lipinski definition) is 2. The summed E-state index contributed by atoms with van der Waals surface area (Å²) in [6.45, 7) is 3.76. The van der Waals surface area contributed by atoms with Crippen LogP contribution in [0.5, 0.6) is 0 Å². The van der Waals surface area contributed by atoms with Crippen molar-refractivity contribution in [1.82, 2.24) is 4.90 Å². The Hall–Kier alpha value is -3.87. The molecule has 0 spiro atoms. The lowest BCUT2D eigenvalue weighted by molar-refractivity contribution is -0.116. The normalized spacial score (nSPS) is 10.4. The van der Waals surface area contributed by atoms with E-state index in [9.17, 15) is 14.4 Å². The number of likely N-dealkylation sites (N-methyl/N-ethyl adjacent to an activating group) is 1. The number of rotatable bonds is 6. The molecule has 0 bridgehead atoms. The first kappa shape index (κ1) is 20.9. The van der Waals surface area contributed by atoms with Crippen molar-refractivity contribution < 1.29 is 18.8 Å². The van der Waals surface area contributed by atoms with Crippen molar-refractivity contribution in [2.45, 2.75) is 13.8 Å². The maximum atomic E-state index is 12.6. The Kier molecular flexibility index (Phi) is 6.32. The van der Waals surface area contributed by atoms with Crippen molar-refractivity contribution >= 4 is 29.1 Å². The Labute approximate surface area is 174 Å². The average Bonchev–Trinajstić information content (AvgIpc) is 3.26. The van der Waals surface area contributed by atoms with Gasteiger partial charge in [0.1, 0.15) is 0 Å². The van der Waals surface area contributed by atoms with Gasteiger partial charge in [-0.25, -0.2) is 0 Å². The van der Waals surface area contributed by atoms with Crippen LogP contribution in [0.25, 0.3) is 0 Å². The lowest BCUT2D eigenvalue weighted by atomic mass is 10.1. The SMILES string of the molecule is Cc1cccc(C)c1NC(=O)CN(C)C(=O)c1ccc(NC(=O)c2ccco2)cc1. The number of para-hydroxylation sites is 1. The van der Waals surface area contributed by atoms with Gasteiger partial charge in [-0.15, -0.1) is 0 Å². The second-order valence-electron chi connectivity index (χ2n) is 6.98. The van der Waals surface area contributed by atoms with Gasteiger partial charge < -0.3 is 20.0 Å². The molecule has 0 saturated carbocycles. The Balaban J connectivity index is 1.59. The third-order valence-electron chi connectivity index (χ3n) is 4.61. The number of hydrogen-bond acceptors (Lipinski definition) is 4. The van der Waals surface area contributed by atoms with Crippen LogP contribution < -0.4 is 10.6 Å². The Morgan fingerprint density at radius 3 is 2.17 bits per heavy atom. The standard InChI is InChI=1S/C23H23N3O4/c1-15-6-4-7-16(2)21(15)25-20(27)14-26(3)23(29)17-9-11-18(12-10-17)24-22(28)19-8-5-13-30-19/h4-13H,14H2,1-3H3,(H,24,28)(H,25,27). The van der Waals surface area contributed by atoms with Gasteiger partial charge in [0, 0.05) is 24.0 Å². The zero-order valence-electron chi connectivity index (χ0n) is 17.1. The average molecular weight is 405 g/mol. The summed E-state index contributed by atoms with van der Waals surface area (Å²) >= 11 is 0. The van der Waals surface area contributed by atoms with Crippen LogP contribution in [-0.4, -0.2) is 36.2 Å². The summed E-state index contributed by atoms with van der Waals surface area (Å²) in [5, 5.41) is 5.56. The highest BCUT2D eigenvalue weighted by Gasteiger charge is 2.16. The smallest absolute Gasteiger partial charge is 0.291 e. The third kappa shape index (κ3) is 4.94. The quantitative estimate of drug-likeness (QED) is 0.651. The molecule has 0 aliphatic rings.